The molecule has 2 aromatic heterocycles. The molecule has 0 saturated heterocycles. The van der Waals surface area contributed by atoms with Gasteiger partial charge in [0, 0.05) is 0 Å². The maximum Gasteiger partial charge on any atom is 0.247 e. The van der Waals surface area contributed by atoms with Gasteiger partial charge in [-0.1, -0.05) is 6.07 Å². The molecule has 2 aromatic rings. The predicted molar refractivity (Wildman–Crippen MR) is 52.8 cm³/mol. The fourth-order valence-corrected chi connectivity index (χ4v) is 1.12. The van der Waals surface area contributed by atoms with Gasteiger partial charge >= 0.3 is 0 Å². The topological polar surface area (TPSA) is 72.7 Å². The van der Waals surface area contributed by atoms with E-state index in [-0.39, 0.29) is 18.3 Å². The number of nitrogens with one attached hydrogen (secondary N) is 1. The Labute approximate surface area is 90.1 Å². The summed E-state index contributed by atoms with van der Waals surface area (Å²) in [7, 11) is 0. The Balaban J connectivity index is 1.97. The summed E-state index contributed by atoms with van der Waals surface area (Å²) in [6, 6.07) is 4.17. The van der Waals surface area contributed by atoms with E-state index in [9.17, 15) is 9.18 Å². The molecule has 1 N–H and O–H groups in total. The number of carbonyl (C=O) groups excluding carboxylic acids is 1. The van der Waals surface area contributed by atoms with Gasteiger partial charge in [-0.3, -0.25) is 4.79 Å². The van der Waals surface area contributed by atoms with Gasteiger partial charge in [0.05, 0.1) is 0 Å². The standard InChI is InChI=1S/C9H8FN5O/c10-7-2-1-3-8(13-7)14-9(16)4-15-6-11-5-12-15/h1-3,5-6H,4H2,(H,13,14,16). The lowest BCUT2D eigenvalue weighted by Gasteiger charge is -2.03. The van der Waals surface area contributed by atoms with Gasteiger partial charge in [0.25, 0.3) is 0 Å². The molecule has 0 atom stereocenters. The highest BCUT2D eigenvalue weighted by molar-refractivity contribution is 5.89. The number of hydrogen-bond donors (Lipinski definition) is 1. The molecule has 7 heteroatoms. The molecule has 82 valence electrons. The number of hydrogen-bond acceptors (Lipinski definition) is 4. The molecular weight excluding hydrogens is 213 g/mol. The lowest BCUT2D eigenvalue weighted by molar-refractivity contribution is -0.116. The summed E-state index contributed by atoms with van der Waals surface area (Å²) in [6.07, 6.45) is 2.74. The molecule has 0 aliphatic carbocycles. The van der Waals surface area contributed by atoms with Crippen molar-refractivity contribution in [2.75, 3.05) is 5.32 Å². The molecule has 0 bridgehead atoms. The number of nitrogens with zero attached hydrogens (tertiary/aromatic N) is 4. The summed E-state index contributed by atoms with van der Waals surface area (Å²) < 4.78 is 14.1. The Morgan fingerprint density at radius 2 is 2.38 bits per heavy atom. The molecule has 2 rings (SSSR count). The first-order valence-corrected chi connectivity index (χ1v) is 4.49. The minimum absolute atomic E-state index is 0.0121. The highest BCUT2D eigenvalue weighted by Gasteiger charge is 2.05. The fraction of sp³-hybridized carbons (Fsp3) is 0.111. The molecule has 0 radical (unpaired) electrons. The number of rotatable bonds is 3. The normalized spacial score (nSPS) is 10.1. The van der Waals surface area contributed by atoms with Crippen LogP contribution in [0.1, 0.15) is 0 Å². The van der Waals surface area contributed by atoms with Crippen molar-refractivity contribution >= 4 is 11.7 Å². The molecule has 0 aliphatic rings. The smallest absolute Gasteiger partial charge is 0.247 e. The molecule has 6 nitrogen and oxygen atoms in total. The Morgan fingerprint density at radius 3 is 3.06 bits per heavy atom. The Hall–Kier alpha value is -2.31. The van der Waals surface area contributed by atoms with E-state index in [4.69, 9.17) is 0 Å². The SMILES string of the molecule is O=C(Cn1cncn1)Nc1cccc(F)n1. The third kappa shape index (κ3) is 2.59. The van der Waals surface area contributed by atoms with Crippen LogP contribution in [0.4, 0.5) is 10.2 Å². The second-order valence-corrected chi connectivity index (χ2v) is 2.99. The zero-order chi connectivity index (χ0) is 11.4. The zero-order valence-corrected chi connectivity index (χ0v) is 8.17. The quantitative estimate of drug-likeness (QED) is 0.764. The molecule has 0 spiro atoms. The first kappa shape index (κ1) is 10.2. The van der Waals surface area contributed by atoms with Crippen LogP contribution in [0.2, 0.25) is 0 Å². The summed E-state index contributed by atoms with van der Waals surface area (Å²) in [6.45, 7) is 0.0121. The van der Waals surface area contributed by atoms with Crippen LogP contribution < -0.4 is 5.32 Å². The first-order valence-electron chi connectivity index (χ1n) is 4.49. The van der Waals surface area contributed by atoms with E-state index in [1.807, 2.05) is 0 Å². The average molecular weight is 221 g/mol. The van der Waals surface area contributed by atoms with Crippen molar-refractivity contribution in [2.24, 2.45) is 0 Å². The molecule has 16 heavy (non-hydrogen) atoms. The molecule has 0 saturated carbocycles. The van der Waals surface area contributed by atoms with E-state index in [2.05, 4.69) is 20.4 Å². The number of halogens is 1. The molecule has 0 aliphatic heterocycles. The molecule has 1 amide bonds. The van der Waals surface area contributed by atoms with Crippen LogP contribution in [0, 0.1) is 5.95 Å². The highest BCUT2D eigenvalue weighted by Crippen LogP contribution is 2.03. The van der Waals surface area contributed by atoms with Gasteiger partial charge in [0.15, 0.2) is 0 Å². The molecule has 0 unspecified atom stereocenters. The Bertz CT molecular complexity index is 484. The predicted octanol–water partition coefficient (Wildman–Crippen LogP) is 0.451. The number of pyridine rings is 1. The second-order valence-electron chi connectivity index (χ2n) is 2.99. The number of aromatic nitrogens is 4. The fourth-order valence-electron chi connectivity index (χ4n) is 1.12. The Kier molecular flexibility index (Phi) is 2.86. The summed E-state index contributed by atoms with van der Waals surface area (Å²) >= 11 is 0. The van der Waals surface area contributed by atoms with Crippen molar-refractivity contribution in [3.05, 3.63) is 36.8 Å². The van der Waals surface area contributed by atoms with Crippen molar-refractivity contribution in [1.29, 1.82) is 0 Å². The summed E-state index contributed by atoms with van der Waals surface area (Å²) in [5, 5.41) is 6.21. The maximum atomic E-state index is 12.7. The minimum atomic E-state index is -0.640. The zero-order valence-electron chi connectivity index (χ0n) is 8.17. The van der Waals surface area contributed by atoms with E-state index in [0.717, 1.165) is 0 Å². The van der Waals surface area contributed by atoms with Gasteiger partial charge < -0.3 is 5.32 Å². The third-order valence-electron chi connectivity index (χ3n) is 1.75. The monoisotopic (exact) mass is 221 g/mol. The maximum absolute atomic E-state index is 12.7. The summed E-state index contributed by atoms with van der Waals surface area (Å²) in [4.78, 5) is 18.6. The van der Waals surface area contributed by atoms with Crippen LogP contribution in [-0.4, -0.2) is 25.7 Å². The van der Waals surface area contributed by atoms with Crippen molar-refractivity contribution in [3.63, 3.8) is 0 Å². The number of amides is 1. The largest absolute Gasteiger partial charge is 0.309 e. The van der Waals surface area contributed by atoms with Gasteiger partial charge in [-0.05, 0) is 12.1 Å². The van der Waals surface area contributed by atoms with Crippen molar-refractivity contribution in [3.8, 4) is 0 Å². The van der Waals surface area contributed by atoms with Crippen molar-refractivity contribution in [1.82, 2.24) is 19.7 Å². The van der Waals surface area contributed by atoms with Gasteiger partial charge in [-0.25, -0.2) is 14.6 Å². The lowest BCUT2D eigenvalue weighted by Crippen LogP contribution is -2.19. The summed E-state index contributed by atoms with van der Waals surface area (Å²) in [5.74, 6) is -0.813. The first-order chi connectivity index (χ1) is 7.74. The third-order valence-corrected chi connectivity index (χ3v) is 1.75. The van der Waals surface area contributed by atoms with Gasteiger partial charge in [-0.2, -0.15) is 9.49 Å². The number of anilines is 1. The van der Waals surface area contributed by atoms with E-state index in [1.165, 1.54) is 35.5 Å². The van der Waals surface area contributed by atoms with Crippen LogP contribution in [-0.2, 0) is 11.3 Å². The van der Waals surface area contributed by atoms with Crippen LogP contribution in [0.5, 0.6) is 0 Å². The van der Waals surface area contributed by atoms with Crippen molar-refractivity contribution < 1.29 is 9.18 Å². The van der Waals surface area contributed by atoms with E-state index < -0.39 is 5.95 Å². The lowest BCUT2D eigenvalue weighted by atomic mass is 10.4. The summed E-state index contributed by atoms with van der Waals surface area (Å²) in [5.41, 5.74) is 0. The van der Waals surface area contributed by atoms with Gasteiger partial charge in [-0.15, -0.1) is 0 Å². The second kappa shape index (κ2) is 4.47. The molecule has 2 heterocycles. The van der Waals surface area contributed by atoms with Crippen molar-refractivity contribution in [2.45, 2.75) is 6.54 Å². The van der Waals surface area contributed by atoms with Crippen LogP contribution >= 0.6 is 0 Å². The molecule has 0 fully saturated rings. The van der Waals surface area contributed by atoms with Crippen LogP contribution in [0.3, 0.4) is 0 Å². The van der Waals surface area contributed by atoms with Crippen LogP contribution in [0.25, 0.3) is 0 Å². The molecule has 0 aromatic carbocycles. The number of carbonyl (C=O) groups is 1. The Morgan fingerprint density at radius 1 is 1.50 bits per heavy atom. The minimum Gasteiger partial charge on any atom is -0.309 e. The van der Waals surface area contributed by atoms with E-state index in [0.29, 0.717) is 0 Å². The molecular formula is C9H8FN5O. The van der Waals surface area contributed by atoms with Crippen LogP contribution in [0.15, 0.2) is 30.9 Å². The average Bonchev–Trinajstić information content (AvgIpc) is 2.70. The highest BCUT2D eigenvalue weighted by atomic mass is 19.1. The van der Waals surface area contributed by atoms with E-state index >= 15 is 0 Å². The van der Waals surface area contributed by atoms with Gasteiger partial charge in [0.1, 0.15) is 25.0 Å². The van der Waals surface area contributed by atoms with Gasteiger partial charge in [0.2, 0.25) is 11.9 Å². The van der Waals surface area contributed by atoms with E-state index in [1.54, 1.807) is 0 Å².